The zero-order valence-electron chi connectivity index (χ0n) is 26.9. The molecule has 0 amide bonds. The van der Waals surface area contributed by atoms with Crippen LogP contribution in [0.2, 0.25) is 0 Å². The number of aliphatic hydroxyl groups excluding tert-OH is 7. The first-order valence-corrected chi connectivity index (χ1v) is 15.6. The summed E-state index contributed by atoms with van der Waals surface area (Å²) in [6.07, 6.45) is -15.2. The van der Waals surface area contributed by atoms with E-state index in [9.17, 15) is 55.2 Å². The van der Waals surface area contributed by atoms with Crippen molar-refractivity contribution in [2.75, 3.05) is 13.2 Å². The summed E-state index contributed by atoms with van der Waals surface area (Å²) in [7, 11) is 0. The van der Waals surface area contributed by atoms with Crippen LogP contribution in [-0.2, 0) is 30.2 Å². The average molecular weight is 703 g/mol. The molecule has 0 saturated carbocycles. The lowest BCUT2D eigenvalue weighted by Crippen LogP contribution is -2.60. The van der Waals surface area contributed by atoms with E-state index in [2.05, 4.69) is 0 Å². The minimum atomic E-state index is -1.92. The summed E-state index contributed by atoms with van der Waals surface area (Å²) in [5.74, 6) is -1.77. The van der Waals surface area contributed by atoms with Gasteiger partial charge >= 0.3 is 5.97 Å². The molecule has 0 unspecified atom stereocenters. The third-order valence-corrected chi connectivity index (χ3v) is 8.47. The second-order valence-corrected chi connectivity index (χ2v) is 12.2. The predicted octanol–water partition coefficient (Wildman–Crippen LogP) is -1.10. The monoisotopic (exact) mass is 702 g/mol. The standard InChI is InChI=1S/C34H38O16/c1-14-9-20(48-34-30(45)28(43)26(41)22(13-36)49-34)25(31-24(14)19(39)11-18(46-31)10-15(2)37)32-33(29(44)27(42)21(12-35)47-32)50-23(40)8-5-16-3-6-17(38)7-4-16/h3-9,11,21-22,26-30,32-36,38,41-45H,10,12-13H2,1-2H3/t21-,22-,26-,27-,28+,29+,30-,32-,33-,34+/m1/s1. The van der Waals surface area contributed by atoms with Crippen molar-refractivity contribution in [3.8, 4) is 11.5 Å². The van der Waals surface area contributed by atoms with Gasteiger partial charge in [-0.2, -0.15) is 0 Å². The highest BCUT2D eigenvalue weighted by molar-refractivity contribution is 5.88. The Morgan fingerprint density at radius 1 is 0.880 bits per heavy atom. The topological polar surface area (TPSA) is 263 Å². The predicted molar refractivity (Wildman–Crippen MR) is 170 cm³/mol. The maximum atomic E-state index is 13.4. The Labute approximate surface area is 284 Å². The molecule has 16 nitrogen and oxygen atoms in total. The van der Waals surface area contributed by atoms with Crippen LogP contribution in [-0.4, -0.2) is 121 Å². The molecule has 3 heterocycles. The number of phenolic OH excluding ortho intramolecular Hbond substituents is 1. The molecule has 1 aromatic heterocycles. The van der Waals surface area contributed by atoms with Crippen molar-refractivity contribution in [3.63, 3.8) is 0 Å². The summed E-state index contributed by atoms with van der Waals surface area (Å²) in [6, 6.07) is 8.22. The molecule has 2 fully saturated rings. The minimum absolute atomic E-state index is 0.00681. The molecule has 3 aromatic rings. The lowest BCUT2D eigenvalue weighted by molar-refractivity contribution is -0.278. The van der Waals surface area contributed by atoms with E-state index in [4.69, 9.17) is 23.4 Å². The molecule has 0 radical (unpaired) electrons. The van der Waals surface area contributed by atoms with Gasteiger partial charge < -0.3 is 64.2 Å². The number of hydrogen-bond acceptors (Lipinski definition) is 16. The molecule has 2 aromatic carbocycles. The van der Waals surface area contributed by atoms with Crippen LogP contribution in [0.1, 0.15) is 35.5 Å². The highest BCUT2D eigenvalue weighted by atomic mass is 16.7. The summed E-state index contributed by atoms with van der Waals surface area (Å²) in [5, 5.41) is 82.8. The molecular weight excluding hydrogens is 664 g/mol. The fourth-order valence-corrected chi connectivity index (χ4v) is 5.93. The van der Waals surface area contributed by atoms with Crippen LogP contribution in [0.25, 0.3) is 17.0 Å². The van der Waals surface area contributed by atoms with E-state index in [1.54, 1.807) is 0 Å². The van der Waals surface area contributed by atoms with Crippen molar-refractivity contribution >= 4 is 28.8 Å². The Morgan fingerprint density at radius 3 is 2.16 bits per heavy atom. The molecule has 10 atom stereocenters. The quantitative estimate of drug-likeness (QED) is 0.0920. The number of aryl methyl sites for hydroxylation is 1. The van der Waals surface area contributed by atoms with Crippen LogP contribution >= 0.6 is 0 Å². The largest absolute Gasteiger partial charge is 0.508 e. The van der Waals surface area contributed by atoms with Crippen LogP contribution in [0.4, 0.5) is 0 Å². The van der Waals surface area contributed by atoms with Gasteiger partial charge in [0, 0.05) is 12.1 Å². The van der Waals surface area contributed by atoms with Crippen LogP contribution in [0.5, 0.6) is 11.5 Å². The number of benzene rings is 2. The molecule has 8 N–H and O–H groups in total. The molecule has 0 bridgehead atoms. The summed E-state index contributed by atoms with van der Waals surface area (Å²) >= 11 is 0. The van der Waals surface area contributed by atoms with Gasteiger partial charge in [-0.3, -0.25) is 9.59 Å². The molecule has 16 heteroatoms. The highest BCUT2D eigenvalue weighted by Gasteiger charge is 2.50. The number of hydrogen-bond donors (Lipinski definition) is 8. The summed E-state index contributed by atoms with van der Waals surface area (Å²) in [5.41, 5.74) is -0.362. The molecule has 2 aliphatic rings. The van der Waals surface area contributed by atoms with Crippen molar-refractivity contribution in [1.82, 2.24) is 0 Å². The van der Waals surface area contributed by atoms with Gasteiger partial charge in [0.2, 0.25) is 6.29 Å². The van der Waals surface area contributed by atoms with E-state index in [-0.39, 0.29) is 51.6 Å². The van der Waals surface area contributed by atoms with Gasteiger partial charge in [0.15, 0.2) is 11.5 Å². The van der Waals surface area contributed by atoms with Crippen LogP contribution in [0, 0.1) is 6.92 Å². The smallest absolute Gasteiger partial charge is 0.331 e. The third-order valence-electron chi connectivity index (χ3n) is 8.47. The Balaban J connectivity index is 1.67. The number of fused-ring (bicyclic) bond motifs is 1. The third kappa shape index (κ3) is 7.58. The number of aromatic hydroxyl groups is 1. The summed E-state index contributed by atoms with van der Waals surface area (Å²) in [6.45, 7) is 1.17. The number of ether oxygens (including phenoxy) is 4. The number of carbonyl (C=O) groups excluding carboxylic acids is 2. The highest BCUT2D eigenvalue weighted by Crippen LogP contribution is 2.44. The Bertz CT molecular complexity index is 1780. The number of aliphatic hydroxyl groups is 7. The van der Waals surface area contributed by atoms with E-state index in [0.29, 0.717) is 5.56 Å². The van der Waals surface area contributed by atoms with Crippen molar-refractivity contribution in [1.29, 1.82) is 0 Å². The zero-order valence-corrected chi connectivity index (χ0v) is 26.9. The number of esters is 1. The molecule has 0 spiro atoms. The van der Waals surface area contributed by atoms with Gasteiger partial charge in [0.05, 0.1) is 30.6 Å². The van der Waals surface area contributed by atoms with E-state index < -0.39 is 85.8 Å². The molecule has 2 saturated heterocycles. The number of ketones is 1. The number of rotatable bonds is 10. The lowest BCUT2D eigenvalue weighted by atomic mass is 9.88. The van der Waals surface area contributed by atoms with E-state index in [1.807, 2.05) is 0 Å². The van der Waals surface area contributed by atoms with Gasteiger partial charge in [-0.1, -0.05) is 12.1 Å². The molecule has 270 valence electrons. The van der Waals surface area contributed by atoms with Crippen LogP contribution in [0.3, 0.4) is 0 Å². The first kappa shape index (κ1) is 37.0. The second-order valence-electron chi connectivity index (χ2n) is 12.2. The average Bonchev–Trinajstić information content (AvgIpc) is 3.07. The lowest BCUT2D eigenvalue weighted by Gasteiger charge is -2.43. The number of Topliss-reactive ketones (excluding diaryl/α,β-unsaturated/α-hetero) is 1. The first-order valence-electron chi connectivity index (χ1n) is 15.6. The molecule has 50 heavy (non-hydrogen) atoms. The molecule has 2 aliphatic heterocycles. The Kier molecular flexibility index (Phi) is 11.4. The van der Waals surface area contributed by atoms with Gasteiger partial charge in [-0.25, -0.2) is 4.79 Å². The fourth-order valence-electron chi connectivity index (χ4n) is 5.93. The number of phenols is 1. The van der Waals surface area contributed by atoms with E-state index >= 15 is 0 Å². The Morgan fingerprint density at radius 2 is 1.52 bits per heavy atom. The van der Waals surface area contributed by atoms with Crippen molar-refractivity contribution in [2.24, 2.45) is 0 Å². The van der Waals surface area contributed by atoms with E-state index in [0.717, 1.165) is 12.1 Å². The van der Waals surface area contributed by atoms with Gasteiger partial charge in [-0.15, -0.1) is 0 Å². The van der Waals surface area contributed by atoms with Crippen LogP contribution in [0.15, 0.2) is 51.7 Å². The molecular formula is C34H38O16. The van der Waals surface area contributed by atoms with Crippen LogP contribution < -0.4 is 10.2 Å². The van der Waals surface area contributed by atoms with Crippen molar-refractivity contribution < 1.29 is 73.8 Å². The van der Waals surface area contributed by atoms with Crippen molar-refractivity contribution in [2.45, 2.75) is 81.5 Å². The molecule has 5 rings (SSSR count). The summed E-state index contributed by atoms with van der Waals surface area (Å²) in [4.78, 5) is 38.6. The maximum Gasteiger partial charge on any atom is 0.331 e. The molecule has 0 aliphatic carbocycles. The maximum absolute atomic E-state index is 13.4. The second kappa shape index (κ2) is 15.3. The minimum Gasteiger partial charge on any atom is -0.508 e. The van der Waals surface area contributed by atoms with Crippen molar-refractivity contribution in [3.05, 3.63) is 75.1 Å². The van der Waals surface area contributed by atoms with Gasteiger partial charge in [0.1, 0.15) is 77.5 Å². The van der Waals surface area contributed by atoms with Gasteiger partial charge in [-0.05, 0) is 49.2 Å². The summed E-state index contributed by atoms with van der Waals surface area (Å²) < 4.78 is 29.2. The van der Waals surface area contributed by atoms with E-state index in [1.165, 1.54) is 50.3 Å². The fraction of sp³-hybridized carbons (Fsp3) is 0.441. The Hall–Kier alpha value is -4.23. The first-order chi connectivity index (χ1) is 23.7. The normalized spacial score (nSPS) is 30.0. The SMILES string of the molecule is CC(=O)Cc1cc(=O)c2c(C)cc(O[C@H]3O[C@H](CO)[C@@H](O)[C@H](O)[C@H]3O)c([C@H]3O[C@H](CO)[C@@H](O)[C@H](O)[C@H]3OC(=O)C=Cc3ccc(O)cc3)c2o1. The number of carbonyl (C=O) groups is 2. The van der Waals surface area contributed by atoms with Gasteiger partial charge in [0.25, 0.3) is 0 Å². The zero-order chi connectivity index (χ0) is 36.4.